The Morgan fingerprint density at radius 2 is 1.95 bits per heavy atom. The van der Waals surface area contributed by atoms with Gasteiger partial charge >= 0.3 is 0 Å². The molecule has 0 radical (unpaired) electrons. The van der Waals surface area contributed by atoms with Gasteiger partial charge in [-0.25, -0.2) is 0 Å². The highest BCUT2D eigenvalue weighted by Crippen LogP contribution is 2.22. The highest BCUT2D eigenvalue weighted by atomic mass is 16.5. The van der Waals surface area contributed by atoms with Gasteiger partial charge in [-0.05, 0) is 18.6 Å². The number of nitrogens with zero attached hydrogens (tertiary/aromatic N) is 2. The van der Waals surface area contributed by atoms with Gasteiger partial charge in [-0.15, -0.1) is 0 Å². The third kappa shape index (κ3) is 4.88. The summed E-state index contributed by atoms with van der Waals surface area (Å²) >= 11 is 0. The molecular formula is C16H27N3O2. The topological polar surface area (TPSA) is 51.0 Å². The third-order valence-corrected chi connectivity index (χ3v) is 3.98. The molecule has 5 nitrogen and oxygen atoms in total. The molecule has 2 rings (SSSR count). The summed E-state index contributed by atoms with van der Waals surface area (Å²) in [6, 6.07) is 8.46. The first-order valence-corrected chi connectivity index (χ1v) is 7.59. The summed E-state index contributed by atoms with van der Waals surface area (Å²) in [5.74, 6) is 0.913. The number of rotatable bonds is 7. The number of piperazine rings is 1. The minimum Gasteiger partial charge on any atom is -0.497 e. The molecule has 0 bridgehead atoms. The molecule has 2 N–H and O–H groups in total. The van der Waals surface area contributed by atoms with Crippen LogP contribution in [0.25, 0.3) is 0 Å². The molecule has 5 heteroatoms. The predicted octanol–water partition coefficient (Wildman–Crippen LogP) is 1.18. The van der Waals surface area contributed by atoms with Gasteiger partial charge in [0.2, 0.25) is 0 Å². The van der Waals surface area contributed by atoms with E-state index >= 15 is 0 Å². The molecule has 1 heterocycles. The lowest BCUT2D eigenvalue weighted by Crippen LogP contribution is -2.50. The van der Waals surface area contributed by atoms with E-state index in [0.29, 0.717) is 0 Å². The summed E-state index contributed by atoms with van der Waals surface area (Å²) in [5, 5.41) is 0. The Balaban J connectivity index is 1.79. The zero-order valence-electron chi connectivity index (χ0n) is 13.1. The number of hydrogen-bond acceptors (Lipinski definition) is 5. The van der Waals surface area contributed by atoms with Crippen molar-refractivity contribution in [3.63, 3.8) is 0 Å². The van der Waals surface area contributed by atoms with Gasteiger partial charge in [0.15, 0.2) is 0 Å². The largest absolute Gasteiger partial charge is 0.497 e. The minimum absolute atomic E-state index is 0.202. The third-order valence-electron chi connectivity index (χ3n) is 3.98. The van der Waals surface area contributed by atoms with Crippen LogP contribution in [0.2, 0.25) is 0 Å². The van der Waals surface area contributed by atoms with Crippen LogP contribution in [0.15, 0.2) is 24.3 Å². The fraction of sp³-hybridized carbons (Fsp3) is 0.625. The van der Waals surface area contributed by atoms with Crippen molar-refractivity contribution in [2.75, 3.05) is 58.5 Å². The Morgan fingerprint density at radius 3 is 2.62 bits per heavy atom. The van der Waals surface area contributed by atoms with Crippen molar-refractivity contribution in [1.29, 1.82) is 0 Å². The van der Waals surface area contributed by atoms with Crippen molar-refractivity contribution >= 4 is 5.69 Å². The zero-order valence-corrected chi connectivity index (χ0v) is 13.1. The van der Waals surface area contributed by atoms with Crippen molar-refractivity contribution in [3.8, 4) is 5.75 Å². The van der Waals surface area contributed by atoms with Gasteiger partial charge in [0.25, 0.3) is 0 Å². The standard InChI is InChI=1S/C16H27N3O2/c1-20-11-6-14(17)13-18-7-9-19(10-8-18)15-4-3-5-16(12-15)21-2/h3-5,12,14H,6-11,13,17H2,1-2H3. The summed E-state index contributed by atoms with van der Waals surface area (Å²) in [5.41, 5.74) is 7.36. The maximum Gasteiger partial charge on any atom is 0.120 e. The number of nitrogens with two attached hydrogens (primary N) is 1. The Labute approximate surface area is 127 Å². The number of hydrogen-bond donors (Lipinski definition) is 1. The van der Waals surface area contributed by atoms with Crippen LogP contribution >= 0.6 is 0 Å². The summed E-state index contributed by atoms with van der Waals surface area (Å²) in [6.45, 7) is 5.87. The lowest BCUT2D eigenvalue weighted by Gasteiger charge is -2.37. The van der Waals surface area contributed by atoms with Crippen LogP contribution in [-0.2, 0) is 4.74 Å². The highest BCUT2D eigenvalue weighted by molar-refractivity contribution is 5.51. The van der Waals surface area contributed by atoms with Crippen molar-refractivity contribution in [3.05, 3.63) is 24.3 Å². The Kier molecular flexibility index (Phi) is 6.29. The second-order valence-corrected chi connectivity index (χ2v) is 5.53. The molecule has 0 saturated carbocycles. The van der Waals surface area contributed by atoms with Crippen LogP contribution < -0.4 is 15.4 Å². The Bertz CT molecular complexity index is 420. The van der Waals surface area contributed by atoms with Gasteiger partial charge in [0.1, 0.15) is 5.75 Å². The van der Waals surface area contributed by atoms with Gasteiger partial charge in [-0.2, -0.15) is 0 Å². The molecule has 0 aliphatic carbocycles. The molecule has 0 amide bonds. The molecule has 1 aromatic rings. The second-order valence-electron chi connectivity index (χ2n) is 5.53. The number of methoxy groups -OCH3 is 2. The number of ether oxygens (including phenoxy) is 2. The van der Waals surface area contributed by atoms with Crippen LogP contribution in [0.1, 0.15) is 6.42 Å². The van der Waals surface area contributed by atoms with E-state index in [2.05, 4.69) is 21.9 Å². The molecule has 1 saturated heterocycles. The SMILES string of the molecule is COCCC(N)CN1CCN(c2cccc(OC)c2)CC1. The maximum absolute atomic E-state index is 6.12. The molecule has 1 unspecified atom stereocenters. The van der Waals surface area contributed by atoms with Crippen LogP contribution in [-0.4, -0.2) is 64.5 Å². The maximum atomic E-state index is 6.12. The lowest BCUT2D eigenvalue weighted by molar-refractivity contribution is 0.172. The number of benzene rings is 1. The van der Waals surface area contributed by atoms with Crippen LogP contribution in [0.3, 0.4) is 0 Å². The van der Waals surface area contributed by atoms with Crippen molar-refractivity contribution in [1.82, 2.24) is 4.90 Å². The number of anilines is 1. The summed E-state index contributed by atoms with van der Waals surface area (Å²) in [6.07, 6.45) is 0.923. The van der Waals surface area contributed by atoms with Gasteiger partial charge in [-0.1, -0.05) is 6.07 Å². The fourth-order valence-corrected chi connectivity index (χ4v) is 2.69. The first-order chi connectivity index (χ1) is 10.2. The van der Waals surface area contributed by atoms with Gasteiger partial charge in [0, 0.05) is 64.2 Å². The van der Waals surface area contributed by atoms with E-state index in [9.17, 15) is 0 Å². The van der Waals surface area contributed by atoms with E-state index in [4.69, 9.17) is 15.2 Å². The van der Waals surface area contributed by atoms with Crippen molar-refractivity contribution in [2.45, 2.75) is 12.5 Å². The highest BCUT2D eigenvalue weighted by Gasteiger charge is 2.19. The normalized spacial score (nSPS) is 17.8. The first kappa shape index (κ1) is 16.1. The fourth-order valence-electron chi connectivity index (χ4n) is 2.69. The van der Waals surface area contributed by atoms with E-state index in [1.807, 2.05) is 12.1 Å². The molecule has 0 aromatic heterocycles. The quantitative estimate of drug-likeness (QED) is 0.818. The van der Waals surface area contributed by atoms with Crippen molar-refractivity contribution in [2.24, 2.45) is 5.73 Å². The molecule has 1 aromatic carbocycles. The van der Waals surface area contributed by atoms with Crippen molar-refractivity contribution < 1.29 is 9.47 Å². The van der Waals surface area contributed by atoms with E-state index in [1.54, 1.807) is 14.2 Å². The summed E-state index contributed by atoms with van der Waals surface area (Å²) < 4.78 is 10.4. The van der Waals surface area contributed by atoms with E-state index in [0.717, 1.165) is 51.5 Å². The Morgan fingerprint density at radius 1 is 1.19 bits per heavy atom. The van der Waals surface area contributed by atoms with Crippen LogP contribution in [0, 0.1) is 0 Å². The lowest BCUT2D eigenvalue weighted by atomic mass is 10.2. The average Bonchev–Trinajstić information content (AvgIpc) is 2.53. The molecule has 21 heavy (non-hydrogen) atoms. The molecular weight excluding hydrogens is 266 g/mol. The molecule has 1 aliphatic heterocycles. The monoisotopic (exact) mass is 293 g/mol. The van der Waals surface area contributed by atoms with Crippen LogP contribution in [0.4, 0.5) is 5.69 Å². The average molecular weight is 293 g/mol. The summed E-state index contributed by atoms with van der Waals surface area (Å²) in [4.78, 5) is 4.84. The molecule has 118 valence electrons. The summed E-state index contributed by atoms with van der Waals surface area (Å²) in [7, 11) is 3.43. The Hall–Kier alpha value is -1.30. The second kappa shape index (κ2) is 8.22. The molecule has 1 fully saturated rings. The van der Waals surface area contributed by atoms with Crippen LogP contribution in [0.5, 0.6) is 5.75 Å². The smallest absolute Gasteiger partial charge is 0.120 e. The molecule has 1 atom stereocenters. The zero-order chi connectivity index (χ0) is 15.1. The minimum atomic E-state index is 0.202. The van der Waals surface area contributed by atoms with Gasteiger partial charge in [0.05, 0.1) is 7.11 Å². The van der Waals surface area contributed by atoms with E-state index < -0.39 is 0 Å². The molecule has 0 spiro atoms. The van der Waals surface area contributed by atoms with Gasteiger partial charge < -0.3 is 20.1 Å². The van der Waals surface area contributed by atoms with Gasteiger partial charge in [-0.3, -0.25) is 4.90 Å². The van der Waals surface area contributed by atoms with E-state index in [-0.39, 0.29) is 6.04 Å². The first-order valence-electron chi connectivity index (χ1n) is 7.59. The predicted molar refractivity (Wildman–Crippen MR) is 86.1 cm³/mol. The molecule has 1 aliphatic rings. The van der Waals surface area contributed by atoms with E-state index in [1.165, 1.54) is 5.69 Å².